The minimum Gasteiger partial charge on any atom is -0.349 e. The molecular weight excluding hydrogens is 352 g/mol. The van der Waals surface area contributed by atoms with Gasteiger partial charge >= 0.3 is 0 Å². The Bertz CT molecular complexity index is 900. The van der Waals surface area contributed by atoms with E-state index in [2.05, 4.69) is 31.1 Å². The van der Waals surface area contributed by atoms with Crippen molar-refractivity contribution < 1.29 is 4.79 Å². The zero-order chi connectivity index (χ0) is 18.4. The van der Waals surface area contributed by atoms with Crippen LogP contribution in [0, 0.1) is 0 Å². The second-order valence-electron chi connectivity index (χ2n) is 5.53. The van der Waals surface area contributed by atoms with Gasteiger partial charge < -0.3 is 16.0 Å². The van der Waals surface area contributed by atoms with E-state index < -0.39 is 0 Å². The first-order valence-corrected chi connectivity index (χ1v) is 8.29. The predicted molar refractivity (Wildman–Crippen MR) is 103 cm³/mol. The molecule has 0 aliphatic rings. The highest BCUT2D eigenvalue weighted by atomic mass is 35.5. The van der Waals surface area contributed by atoms with E-state index in [0.29, 0.717) is 29.0 Å². The Balaban J connectivity index is 1.65. The van der Waals surface area contributed by atoms with E-state index in [1.165, 1.54) is 13.1 Å². The van der Waals surface area contributed by atoms with Gasteiger partial charge in [-0.1, -0.05) is 29.8 Å². The van der Waals surface area contributed by atoms with Crippen molar-refractivity contribution in [3.63, 3.8) is 0 Å². The fraction of sp³-hybridized carbons (Fsp3) is 0.111. The first-order chi connectivity index (χ1) is 12.6. The van der Waals surface area contributed by atoms with Crippen molar-refractivity contribution in [1.82, 2.24) is 15.2 Å². The molecule has 0 saturated carbocycles. The van der Waals surface area contributed by atoms with Gasteiger partial charge in [0.1, 0.15) is 0 Å². The van der Waals surface area contributed by atoms with E-state index in [9.17, 15) is 4.79 Å². The number of nitrogens with one attached hydrogen (secondary N) is 3. The Labute approximate surface area is 155 Å². The van der Waals surface area contributed by atoms with Crippen LogP contribution in [-0.4, -0.2) is 21.1 Å². The van der Waals surface area contributed by atoms with E-state index in [0.717, 1.165) is 11.3 Å². The lowest BCUT2D eigenvalue weighted by molar-refractivity contribution is -0.114. The van der Waals surface area contributed by atoms with Gasteiger partial charge in [0, 0.05) is 29.9 Å². The molecule has 2 aromatic carbocycles. The molecule has 0 aliphatic carbocycles. The van der Waals surface area contributed by atoms with Gasteiger partial charge in [-0.3, -0.25) is 4.79 Å². The number of nitrogens with zero attached hydrogens (tertiary/aromatic N) is 3. The molecule has 3 aromatic rings. The lowest BCUT2D eigenvalue weighted by Crippen LogP contribution is -2.07. The highest BCUT2D eigenvalue weighted by Gasteiger charge is 2.03. The molecule has 1 amide bonds. The molecule has 0 unspecified atom stereocenters. The maximum atomic E-state index is 11.2. The average molecular weight is 369 g/mol. The predicted octanol–water partition coefficient (Wildman–Crippen LogP) is 3.84. The molecule has 26 heavy (non-hydrogen) atoms. The molecule has 7 nitrogen and oxygen atoms in total. The van der Waals surface area contributed by atoms with Crippen LogP contribution in [0.25, 0.3) is 0 Å². The van der Waals surface area contributed by atoms with Crippen LogP contribution >= 0.6 is 11.6 Å². The van der Waals surface area contributed by atoms with Crippen molar-refractivity contribution in [3.8, 4) is 0 Å². The lowest BCUT2D eigenvalue weighted by atomic mass is 10.2. The van der Waals surface area contributed by atoms with E-state index >= 15 is 0 Å². The van der Waals surface area contributed by atoms with Gasteiger partial charge in [-0.25, -0.2) is 0 Å². The minimum atomic E-state index is -0.125. The Morgan fingerprint density at radius 1 is 1.12 bits per heavy atom. The summed E-state index contributed by atoms with van der Waals surface area (Å²) in [6.45, 7) is 2.02. The van der Waals surface area contributed by atoms with E-state index in [4.69, 9.17) is 11.6 Å². The molecule has 0 spiro atoms. The zero-order valence-electron chi connectivity index (χ0n) is 14.0. The summed E-state index contributed by atoms with van der Waals surface area (Å²) in [7, 11) is 0. The molecule has 0 atom stereocenters. The second kappa shape index (κ2) is 8.26. The van der Waals surface area contributed by atoms with Crippen LogP contribution in [0.3, 0.4) is 0 Å². The largest absolute Gasteiger partial charge is 0.349 e. The number of anilines is 4. The molecule has 132 valence electrons. The van der Waals surface area contributed by atoms with Gasteiger partial charge in [0.25, 0.3) is 0 Å². The normalized spacial score (nSPS) is 10.2. The molecule has 1 aromatic heterocycles. The van der Waals surface area contributed by atoms with Crippen LogP contribution in [-0.2, 0) is 11.3 Å². The van der Waals surface area contributed by atoms with Crippen molar-refractivity contribution in [3.05, 3.63) is 65.3 Å². The number of hydrogen-bond acceptors (Lipinski definition) is 6. The molecule has 3 N–H and O–H groups in total. The molecule has 0 aliphatic heterocycles. The maximum Gasteiger partial charge on any atom is 0.244 e. The highest BCUT2D eigenvalue weighted by molar-refractivity contribution is 6.30. The molecular formula is C18H17ClN6O. The van der Waals surface area contributed by atoms with E-state index in [-0.39, 0.29) is 5.91 Å². The van der Waals surface area contributed by atoms with Crippen molar-refractivity contribution in [1.29, 1.82) is 0 Å². The smallest absolute Gasteiger partial charge is 0.244 e. The Kier molecular flexibility index (Phi) is 5.60. The standard InChI is InChI=1S/C18H17ClN6O/c1-12(26)22-15-3-2-4-16(9-15)23-17-11-21-25-18(24-17)20-10-13-5-7-14(19)8-6-13/h2-9,11H,10H2,1H3,(H,22,26)(H2,20,23,24,25). The zero-order valence-corrected chi connectivity index (χ0v) is 14.8. The number of rotatable bonds is 6. The van der Waals surface area contributed by atoms with Gasteiger partial charge in [-0.05, 0) is 35.9 Å². The molecule has 3 rings (SSSR count). The molecule has 0 fully saturated rings. The quantitative estimate of drug-likeness (QED) is 0.612. The van der Waals surface area contributed by atoms with E-state index in [1.54, 1.807) is 0 Å². The SMILES string of the molecule is CC(=O)Nc1cccc(Nc2cnnc(NCc3ccc(Cl)cc3)n2)c1. The Morgan fingerprint density at radius 3 is 2.65 bits per heavy atom. The van der Waals surface area contributed by atoms with Crippen LogP contribution in [0.1, 0.15) is 12.5 Å². The summed E-state index contributed by atoms with van der Waals surface area (Å²) in [5, 5.41) is 17.6. The van der Waals surface area contributed by atoms with Crippen LogP contribution in [0.2, 0.25) is 5.02 Å². The number of amides is 1. The first-order valence-electron chi connectivity index (χ1n) is 7.91. The fourth-order valence-electron chi connectivity index (χ4n) is 2.25. The second-order valence-corrected chi connectivity index (χ2v) is 5.97. The third kappa shape index (κ3) is 5.15. The number of hydrogen-bond donors (Lipinski definition) is 3. The summed E-state index contributed by atoms with van der Waals surface area (Å²) in [5.74, 6) is 0.820. The molecule has 1 heterocycles. The van der Waals surface area contributed by atoms with E-state index in [1.807, 2.05) is 48.5 Å². The molecule has 8 heteroatoms. The summed E-state index contributed by atoms with van der Waals surface area (Å²) in [6, 6.07) is 14.8. The van der Waals surface area contributed by atoms with Crippen molar-refractivity contribution >= 4 is 40.6 Å². The van der Waals surface area contributed by atoms with Crippen molar-refractivity contribution in [2.45, 2.75) is 13.5 Å². The lowest BCUT2D eigenvalue weighted by Gasteiger charge is -2.09. The number of halogens is 1. The summed E-state index contributed by atoms with van der Waals surface area (Å²) in [5.41, 5.74) is 2.53. The monoisotopic (exact) mass is 368 g/mol. The molecule has 0 saturated heterocycles. The summed E-state index contributed by atoms with van der Waals surface area (Å²) in [6.07, 6.45) is 1.53. The number of aromatic nitrogens is 3. The molecule has 0 bridgehead atoms. The highest BCUT2D eigenvalue weighted by Crippen LogP contribution is 2.19. The van der Waals surface area contributed by atoms with Crippen LogP contribution < -0.4 is 16.0 Å². The van der Waals surface area contributed by atoms with Crippen molar-refractivity contribution in [2.24, 2.45) is 0 Å². The van der Waals surface area contributed by atoms with Gasteiger partial charge in [0.05, 0.1) is 6.20 Å². The van der Waals surface area contributed by atoms with Gasteiger partial charge in [0.15, 0.2) is 5.82 Å². The summed E-state index contributed by atoms with van der Waals surface area (Å²) >= 11 is 5.88. The fourth-order valence-corrected chi connectivity index (χ4v) is 2.37. The minimum absolute atomic E-state index is 0.125. The van der Waals surface area contributed by atoms with Gasteiger partial charge in [0.2, 0.25) is 11.9 Å². The van der Waals surface area contributed by atoms with Crippen LogP contribution in [0.15, 0.2) is 54.7 Å². The number of carbonyl (C=O) groups excluding carboxylic acids is 1. The maximum absolute atomic E-state index is 11.2. The summed E-state index contributed by atoms with van der Waals surface area (Å²) in [4.78, 5) is 15.5. The Hall–Kier alpha value is -3.19. The van der Waals surface area contributed by atoms with Crippen LogP contribution in [0.5, 0.6) is 0 Å². The van der Waals surface area contributed by atoms with Crippen LogP contribution in [0.4, 0.5) is 23.1 Å². The number of benzene rings is 2. The topological polar surface area (TPSA) is 91.8 Å². The molecule has 0 radical (unpaired) electrons. The summed E-state index contributed by atoms with van der Waals surface area (Å²) < 4.78 is 0. The van der Waals surface area contributed by atoms with Gasteiger partial charge in [-0.2, -0.15) is 10.1 Å². The van der Waals surface area contributed by atoms with Crippen molar-refractivity contribution in [2.75, 3.05) is 16.0 Å². The third-order valence-electron chi connectivity index (χ3n) is 3.38. The first kappa shape index (κ1) is 17.6. The average Bonchev–Trinajstić information content (AvgIpc) is 2.61. The van der Waals surface area contributed by atoms with Gasteiger partial charge in [-0.15, -0.1) is 5.10 Å². The third-order valence-corrected chi connectivity index (χ3v) is 3.63. The Morgan fingerprint density at radius 2 is 1.88 bits per heavy atom. The number of carbonyl (C=O) groups is 1.